The minimum Gasteiger partial charge on any atom is -0.466 e. The fraction of sp³-hybridized carbons (Fsp3) is 0.516. The Hall–Kier alpha value is -3.47. The summed E-state index contributed by atoms with van der Waals surface area (Å²) in [5, 5.41) is 0. The van der Waals surface area contributed by atoms with Crippen LogP contribution in [0.25, 0.3) is 0 Å². The molecular weight excluding hydrogens is 556 g/mol. The van der Waals surface area contributed by atoms with Gasteiger partial charge in [-0.1, -0.05) is 24.6 Å². The zero-order valence-corrected chi connectivity index (χ0v) is 23.4. The highest BCUT2D eigenvalue weighted by molar-refractivity contribution is 6.07. The van der Waals surface area contributed by atoms with Gasteiger partial charge in [-0.2, -0.15) is 0 Å². The van der Waals surface area contributed by atoms with Crippen LogP contribution in [-0.2, 0) is 32.3 Å². The lowest BCUT2D eigenvalue weighted by Gasteiger charge is -2.48. The largest absolute Gasteiger partial charge is 0.522 e. The molecule has 0 radical (unpaired) electrons. The monoisotopic (exact) mass is 590 g/mol. The van der Waals surface area contributed by atoms with Gasteiger partial charge in [-0.05, 0) is 73.6 Å². The average Bonchev–Trinajstić information content (AvgIpc) is 3.69. The molecule has 0 N–H and O–H groups in total. The molecule has 42 heavy (non-hydrogen) atoms. The van der Waals surface area contributed by atoms with E-state index >= 15 is 0 Å². The Labute approximate surface area is 241 Å². The van der Waals surface area contributed by atoms with E-state index in [4.69, 9.17) is 4.74 Å². The number of fused-ring (bicyclic) bond motifs is 2. The number of rotatable bonds is 10. The summed E-state index contributed by atoms with van der Waals surface area (Å²) < 4.78 is 60.2. The van der Waals surface area contributed by atoms with Gasteiger partial charge in [0.25, 0.3) is 5.91 Å². The molecule has 2 fully saturated rings. The van der Waals surface area contributed by atoms with Crippen LogP contribution < -0.4 is 4.90 Å². The molecular formula is C31H34F4N2O5. The molecule has 2 saturated carbocycles. The van der Waals surface area contributed by atoms with Crippen LogP contribution in [0.4, 0.5) is 23.2 Å². The van der Waals surface area contributed by atoms with Crippen molar-refractivity contribution >= 4 is 23.5 Å². The molecule has 2 aromatic rings. The van der Waals surface area contributed by atoms with Crippen LogP contribution in [0.15, 0.2) is 42.5 Å². The lowest BCUT2D eigenvalue weighted by molar-refractivity contribution is -0.330. The molecule has 2 amide bonds. The quantitative estimate of drug-likeness (QED) is 0.237. The third kappa shape index (κ3) is 6.45. The Morgan fingerprint density at radius 3 is 2.33 bits per heavy atom. The number of amides is 2. The Bertz CT molecular complexity index is 1310. The Kier molecular flexibility index (Phi) is 8.86. The molecule has 1 aliphatic heterocycles. The van der Waals surface area contributed by atoms with Gasteiger partial charge in [-0.3, -0.25) is 19.1 Å². The maximum atomic E-state index is 14.0. The van der Waals surface area contributed by atoms with E-state index in [1.165, 1.54) is 24.3 Å². The number of carbonyl (C=O) groups excluding carboxylic acids is 3. The summed E-state index contributed by atoms with van der Waals surface area (Å²) in [4.78, 5) is 43.3. The zero-order chi connectivity index (χ0) is 30.0. The Balaban J connectivity index is 1.48. The van der Waals surface area contributed by atoms with Crippen molar-refractivity contribution in [2.24, 2.45) is 5.92 Å². The third-order valence-electron chi connectivity index (χ3n) is 8.29. The summed E-state index contributed by atoms with van der Waals surface area (Å²) in [6.45, 7) is 0.578. The van der Waals surface area contributed by atoms with Crippen molar-refractivity contribution < 1.29 is 41.4 Å². The van der Waals surface area contributed by atoms with E-state index in [-0.39, 0.29) is 60.9 Å². The summed E-state index contributed by atoms with van der Waals surface area (Å²) in [6, 6.07) is 10.4. The molecule has 0 bridgehead atoms. The third-order valence-corrected chi connectivity index (χ3v) is 8.29. The van der Waals surface area contributed by atoms with Crippen molar-refractivity contribution in [3.63, 3.8) is 0 Å². The topological polar surface area (TPSA) is 76.2 Å². The van der Waals surface area contributed by atoms with Gasteiger partial charge in [-0.15, -0.1) is 13.2 Å². The second-order valence-electron chi connectivity index (χ2n) is 11.1. The van der Waals surface area contributed by atoms with Gasteiger partial charge in [0.15, 0.2) is 0 Å². The molecule has 3 atom stereocenters. The number of ether oxygens (including phenoxy) is 2. The van der Waals surface area contributed by atoms with Crippen molar-refractivity contribution in [1.82, 2.24) is 4.90 Å². The molecule has 1 heterocycles. The van der Waals surface area contributed by atoms with E-state index in [9.17, 15) is 31.9 Å². The minimum absolute atomic E-state index is 0.00834. The highest BCUT2D eigenvalue weighted by Gasteiger charge is 2.51. The number of nitrogens with zero attached hydrogens (tertiary/aromatic N) is 2. The molecule has 5 rings (SSSR count). The fourth-order valence-corrected chi connectivity index (χ4v) is 6.38. The van der Waals surface area contributed by atoms with Crippen LogP contribution in [0, 0.1) is 5.92 Å². The van der Waals surface area contributed by atoms with Crippen LogP contribution in [-0.4, -0.2) is 47.7 Å². The normalized spacial score (nSPS) is 21.5. The number of anilines is 1. The predicted molar refractivity (Wildman–Crippen MR) is 145 cm³/mol. The standard InChI is InChI=1S/C31H34F4N2O5/c1-2-41-28(39)15-14-27(38)36(22-11-12-22)29-23-4-3-5-25(23)37(26-13-8-20(17-32)16-24(26)29)30(40)21-9-6-19(7-10-21)18-42-31(33,34)35/h6-10,13,16,22-23,25,29H,2-5,11-12,14-15,17-18H2,1H3. The van der Waals surface area contributed by atoms with Gasteiger partial charge in [0.2, 0.25) is 5.91 Å². The number of alkyl halides is 4. The summed E-state index contributed by atoms with van der Waals surface area (Å²) >= 11 is 0. The molecule has 2 aromatic carbocycles. The molecule has 3 unspecified atom stereocenters. The Morgan fingerprint density at radius 1 is 0.976 bits per heavy atom. The number of benzene rings is 2. The smallest absolute Gasteiger partial charge is 0.466 e. The highest BCUT2D eigenvalue weighted by atomic mass is 19.4. The molecule has 11 heteroatoms. The average molecular weight is 591 g/mol. The lowest BCUT2D eigenvalue weighted by Crippen LogP contribution is -2.53. The van der Waals surface area contributed by atoms with E-state index in [0.29, 0.717) is 28.8 Å². The van der Waals surface area contributed by atoms with E-state index in [0.717, 1.165) is 25.7 Å². The molecule has 0 spiro atoms. The van der Waals surface area contributed by atoms with Gasteiger partial charge in [0, 0.05) is 35.7 Å². The minimum atomic E-state index is -4.76. The van der Waals surface area contributed by atoms with E-state index in [1.54, 1.807) is 30.0 Å². The van der Waals surface area contributed by atoms with Crippen molar-refractivity contribution in [1.29, 1.82) is 0 Å². The summed E-state index contributed by atoms with van der Waals surface area (Å²) in [7, 11) is 0. The molecule has 2 aliphatic carbocycles. The zero-order valence-electron chi connectivity index (χ0n) is 23.4. The second-order valence-corrected chi connectivity index (χ2v) is 11.1. The van der Waals surface area contributed by atoms with E-state index < -0.39 is 25.6 Å². The van der Waals surface area contributed by atoms with Gasteiger partial charge in [-0.25, -0.2) is 4.39 Å². The highest BCUT2D eigenvalue weighted by Crippen LogP contribution is 2.53. The van der Waals surface area contributed by atoms with Crippen LogP contribution in [0.2, 0.25) is 0 Å². The summed E-state index contributed by atoms with van der Waals surface area (Å²) in [5.41, 5.74) is 2.31. The Morgan fingerprint density at radius 2 is 1.69 bits per heavy atom. The molecule has 7 nitrogen and oxygen atoms in total. The summed E-state index contributed by atoms with van der Waals surface area (Å²) in [6.07, 6.45) is -0.786. The van der Waals surface area contributed by atoms with Crippen LogP contribution in [0.1, 0.15) is 85.0 Å². The van der Waals surface area contributed by atoms with E-state index in [1.807, 2.05) is 4.90 Å². The lowest BCUT2D eigenvalue weighted by atomic mass is 9.80. The maximum Gasteiger partial charge on any atom is 0.522 e. The first-order valence-electron chi connectivity index (χ1n) is 14.4. The van der Waals surface area contributed by atoms with Gasteiger partial charge < -0.3 is 14.5 Å². The van der Waals surface area contributed by atoms with Gasteiger partial charge >= 0.3 is 12.3 Å². The van der Waals surface area contributed by atoms with Crippen molar-refractivity contribution in [3.8, 4) is 0 Å². The second kappa shape index (κ2) is 12.4. The SMILES string of the molecule is CCOC(=O)CCC(=O)N(C1CC1)C1c2cc(CF)ccc2N(C(=O)c2ccc(COC(F)(F)F)cc2)C2CCCC21. The van der Waals surface area contributed by atoms with Crippen molar-refractivity contribution in [2.45, 2.75) is 89.6 Å². The van der Waals surface area contributed by atoms with E-state index in [2.05, 4.69) is 4.74 Å². The number of halogens is 4. The van der Waals surface area contributed by atoms with Crippen LogP contribution >= 0.6 is 0 Å². The first-order chi connectivity index (χ1) is 20.1. The number of hydrogen-bond donors (Lipinski definition) is 0. The fourth-order valence-electron chi connectivity index (χ4n) is 6.38. The van der Waals surface area contributed by atoms with Gasteiger partial charge in [0.1, 0.15) is 6.67 Å². The van der Waals surface area contributed by atoms with Crippen molar-refractivity contribution in [3.05, 3.63) is 64.7 Å². The molecule has 3 aliphatic rings. The van der Waals surface area contributed by atoms with Crippen LogP contribution in [0.5, 0.6) is 0 Å². The van der Waals surface area contributed by atoms with Crippen molar-refractivity contribution in [2.75, 3.05) is 11.5 Å². The summed E-state index contributed by atoms with van der Waals surface area (Å²) in [5.74, 6) is -0.997. The predicted octanol–water partition coefficient (Wildman–Crippen LogP) is 6.40. The molecule has 226 valence electrons. The number of carbonyl (C=O) groups is 3. The first kappa shape index (κ1) is 30.0. The van der Waals surface area contributed by atoms with Crippen LogP contribution in [0.3, 0.4) is 0 Å². The first-order valence-corrected chi connectivity index (χ1v) is 14.4. The maximum absolute atomic E-state index is 14.0. The molecule has 0 aromatic heterocycles. The van der Waals surface area contributed by atoms with Gasteiger partial charge in [0.05, 0.1) is 25.7 Å². The number of hydrogen-bond acceptors (Lipinski definition) is 5. The molecule has 0 saturated heterocycles. The number of esters is 1.